The first-order chi connectivity index (χ1) is 14.7. The minimum absolute atomic E-state index is 0.0373. The summed E-state index contributed by atoms with van der Waals surface area (Å²) in [7, 11) is 0. The maximum atomic E-state index is 6.09. The number of nitrogens with zero attached hydrogens (tertiary/aromatic N) is 5. The molecule has 0 bridgehead atoms. The Morgan fingerprint density at radius 3 is 2.55 bits per heavy atom. The monoisotopic (exact) mass is 437 g/mol. The van der Waals surface area contributed by atoms with E-state index in [4.69, 9.17) is 4.74 Å². The molecule has 1 aromatic carbocycles. The van der Waals surface area contributed by atoms with Crippen molar-refractivity contribution in [2.24, 2.45) is 0 Å². The van der Waals surface area contributed by atoms with E-state index in [0.29, 0.717) is 16.7 Å². The van der Waals surface area contributed by atoms with Crippen LogP contribution >= 0.6 is 11.5 Å². The van der Waals surface area contributed by atoms with Gasteiger partial charge in [-0.05, 0) is 62.9 Å². The predicted molar refractivity (Wildman–Crippen MR) is 125 cm³/mol. The van der Waals surface area contributed by atoms with Crippen molar-refractivity contribution in [3.05, 3.63) is 46.9 Å². The molecule has 0 N–H and O–H groups in total. The van der Waals surface area contributed by atoms with Gasteiger partial charge in [0, 0.05) is 35.7 Å². The number of hydrogen-bond acceptors (Lipinski definition) is 7. The number of hydrogen-bond donors (Lipinski definition) is 0. The summed E-state index contributed by atoms with van der Waals surface area (Å²) in [6.07, 6.45) is 5.92. The summed E-state index contributed by atoms with van der Waals surface area (Å²) in [5.74, 6) is 1.37. The van der Waals surface area contributed by atoms with Crippen LogP contribution in [0.15, 0.2) is 24.5 Å². The average molecular weight is 438 g/mol. The fourth-order valence-electron chi connectivity index (χ4n) is 3.67. The van der Waals surface area contributed by atoms with Crippen molar-refractivity contribution in [2.45, 2.75) is 65.8 Å². The van der Waals surface area contributed by atoms with E-state index in [1.807, 2.05) is 0 Å². The van der Waals surface area contributed by atoms with E-state index in [1.165, 1.54) is 35.6 Å². The molecule has 0 aliphatic carbocycles. The largest absolute Gasteiger partial charge is 0.430 e. The van der Waals surface area contributed by atoms with Gasteiger partial charge in [0.1, 0.15) is 11.4 Å². The average Bonchev–Trinajstić information content (AvgIpc) is 3.18. The van der Waals surface area contributed by atoms with Crippen molar-refractivity contribution in [2.75, 3.05) is 13.1 Å². The van der Waals surface area contributed by atoms with Crippen LogP contribution in [0, 0.1) is 13.8 Å². The van der Waals surface area contributed by atoms with E-state index in [9.17, 15) is 0 Å². The van der Waals surface area contributed by atoms with Gasteiger partial charge < -0.3 is 9.64 Å². The summed E-state index contributed by atoms with van der Waals surface area (Å²) in [6.45, 7) is 15.2. The lowest BCUT2D eigenvalue weighted by Crippen LogP contribution is -2.46. The lowest BCUT2D eigenvalue weighted by molar-refractivity contribution is 0.106. The van der Waals surface area contributed by atoms with Crippen LogP contribution in [0.4, 0.5) is 0 Å². The molecule has 0 saturated carbocycles. The molecule has 7 heteroatoms. The second kappa shape index (κ2) is 8.63. The van der Waals surface area contributed by atoms with E-state index in [2.05, 4.69) is 77.9 Å². The van der Waals surface area contributed by atoms with Gasteiger partial charge in [-0.15, -0.1) is 0 Å². The lowest BCUT2D eigenvalue weighted by atomic mass is 9.93. The normalized spacial score (nSPS) is 16.9. The summed E-state index contributed by atoms with van der Waals surface area (Å²) in [6, 6.07) is 5.08. The molecule has 3 heterocycles. The highest BCUT2D eigenvalue weighted by molar-refractivity contribution is 7.07. The third-order valence-corrected chi connectivity index (χ3v) is 6.61. The van der Waals surface area contributed by atoms with Gasteiger partial charge in [-0.25, -0.2) is 4.98 Å². The first kappa shape index (κ1) is 21.8. The molecule has 31 heavy (non-hydrogen) atoms. The molecular formula is C24H31N5OS. The standard InChI is InChI=1S/C24H31N5OS/c1-15-12-20(16(2)11-18(15)8-10-29-9-7-17(29)3)30-23-27-22(28-31-23)19-13-26-21(14-25-19)24(4,5)6/h11-14,17H,7-10H2,1-6H3. The second-order valence-electron chi connectivity index (χ2n) is 9.49. The highest BCUT2D eigenvalue weighted by Crippen LogP contribution is 2.31. The van der Waals surface area contributed by atoms with Crippen LogP contribution in [-0.2, 0) is 11.8 Å². The van der Waals surface area contributed by atoms with Gasteiger partial charge in [0.2, 0.25) is 0 Å². The van der Waals surface area contributed by atoms with Crippen LogP contribution in [0.1, 0.15) is 56.5 Å². The van der Waals surface area contributed by atoms with Gasteiger partial charge in [-0.1, -0.05) is 26.8 Å². The van der Waals surface area contributed by atoms with Gasteiger partial charge in [-0.3, -0.25) is 4.98 Å². The molecule has 0 amide bonds. The van der Waals surface area contributed by atoms with Crippen molar-refractivity contribution >= 4 is 11.5 Å². The lowest BCUT2D eigenvalue weighted by Gasteiger charge is -2.38. The minimum Gasteiger partial charge on any atom is -0.430 e. The maximum Gasteiger partial charge on any atom is 0.299 e. The summed E-state index contributed by atoms with van der Waals surface area (Å²) in [4.78, 5) is 16.1. The molecule has 1 atom stereocenters. The van der Waals surface area contributed by atoms with E-state index in [1.54, 1.807) is 12.4 Å². The van der Waals surface area contributed by atoms with E-state index < -0.39 is 0 Å². The van der Waals surface area contributed by atoms with Crippen LogP contribution in [0.25, 0.3) is 11.5 Å². The molecule has 1 unspecified atom stereocenters. The van der Waals surface area contributed by atoms with Gasteiger partial charge in [0.25, 0.3) is 5.19 Å². The molecule has 1 fully saturated rings. The van der Waals surface area contributed by atoms with Gasteiger partial charge in [-0.2, -0.15) is 9.36 Å². The Morgan fingerprint density at radius 1 is 1.13 bits per heavy atom. The minimum atomic E-state index is -0.0373. The fraction of sp³-hybridized carbons (Fsp3) is 0.500. The summed E-state index contributed by atoms with van der Waals surface area (Å²) < 4.78 is 10.5. The Balaban J connectivity index is 1.45. The Hall–Kier alpha value is -2.38. The van der Waals surface area contributed by atoms with Crippen LogP contribution in [0.2, 0.25) is 0 Å². The van der Waals surface area contributed by atoms with E-state index in [0.717, 1.165) is 36.0 Å². The number of ether oxygens (including phenoxy) is 1. The number of benzene rings is 1. The van der Waals surface area contributed by atoms with Crippen LogP contribution < -0.4 is 4.74 Å². The number of aromatic nitrogens is 4. The third-order valence-electron chi connectivity index (χ3n) is 6.01. The molecule has 0 radical (unpaired) electrons. The maximum absolute atomic E-state index is 6.09. The zero-order valence-electron chi connectivity index (χ0n) is 19.3. The zero-order valence-corrected chi connectivity index (χ0v) is 20.1. The van der Waals surface area contributed by atoms with Gasteiger partial charge in [0.05, 0.1) is 11.9 Å². The molecule has 164 valence electrons. The van der Waals surface area contributed by atoms with Crippen molar-refractivity contribution in [1.82, 2.24) is 24.2 Å². The molecule has 6 nitrogen and oxygen atoms in total. The molecule has 3 aromatic rings. The molecule has 1 aliphatic heterocycles. The highest BCUT2D eigenvalue weighted by atomic mass is 32.1. The molecule has 1 saturated heterocycles. The van der Waals surface area contributed by atoms with Crippen LogP contribution in [0.5, 0.6) is 10.9 Å². The SMILES string of the molecule is Cc1cc(Oc2nc(-c3cnc(C(C)(C)C)cn3)ns2)c(C)cc1CCN1CCC1C. The summed E-state index contributed by atoms with van der Waals surface area (Å²) in [5.41, 5.74) is 5.31. The number of rotatable bonds is 6. The van der Waals surface area contributed by atoms with Crippen molar-refractivity contribution in [3.8, 4) is 22.5 Å². The van der Waals surface area contributed by atoms with Crippen molar-refractivity contribution < 1.29 is 4.74 Å². The Kier molecular flexibility index (Phi) is 6.08. The topological polar surface area (TPSA) is 64.0 Å². The Bertz CT molecular complexity index is 1050. The number of aryl methyl sites for hydroxylation is 2. The van der Waals surface area contributed by atoms with Crippen LogP contribution in [-0.4, -0.2) is 43.4 Å². The fourth-order valence-corrected chi connectivity index (χ4v) is 4.23. The first-order valence-corrected chi connectivity index (χ1v) is 11.7. The van der Waals surface area contributed by atoms with Crippen LogP contribution in [0.3, 0.4) is 0 Å². The van der Waals surface area contributed by atoms with Crippen molar-refractivity contribution in [1.29, 1.82) is 0 Å². The first-order valence-electron chi connectivity index (χ1n) is 10.9. The Labute approximate surface area is 188 Å². The Morgan fingerprint density at radius 2 is 1.94 bits per heavy atom. The van der Waals surface area contributed by atoms with E-state index >= 15 is 0 Å². The smallest absolute Gasteiger partial charge is 0.299 e. The predicted octanol–water partition coefficient (Wildman–Crippen LogP) is 5.34. The summed E-state index contributed by atoms with van der Waals surface area (Å²) in [5, 5.41) is 0.515. The third kappa shape index (κ3) is 4.93. The van der Waals surface area contributed by atoms with Gasteiger partial charge >= 0.3 is 0 Å². The molecular weight excluding hydrogens is 406 g/mol. The molecule has 1 aliphatic rings. The van der Waals surface area contributed by atoms with Crippen molar-refractivity contribution in [3.63, 3.8) is 0 Å². The molecule has 2 aromatic heterocycles. The quantitative estimate of drug-likeness (QED) is 0.519. The zero-order chi connectivity index (χ0) is 22.2. The van der Waals surface area contributed by atoms with E-state index in [-0.39, 0.29) is 5.41 Å². The summed E-state index contributed by atoms with van der Waals surface area (Å²) >= 11 is 1.23. The second-order valence-corrected chi connectivity index (χ2v) is 10.2. The molecule has 4 rings (SSSR count). The molecule has 0 spiro atoms. The van der Waals surface area contributed by atoms with Gasteiger partial charge in [0.15, 0.2) is 5.82 Å². The highest BCUT2D eigenvalue weighted by Gasteiger charge is 2.23. The number of likely N-dealkylation sites (tertiary alicyclic amines) is 1.